The van der Waals surface area contributed by atoms with E-state index in [1.165, 1.54) is 12.5 Å². The molecule has 0 fully saturated rings. The van der Waals surface area contributed by atoms with E-state index in [-0.39, 0.29) is 23.1 Å². The van der Waals surface area contributed by atoms with Crippen molar-refractivity contribution in [3.05, 3.63) is 68.8 Å². The number of hydrogen-bond donors (Lipinski definition) is 0. The van der Waals surface area contributed by atoms with Crippen LogP contribution in [0.1, 0.15) is 5.69 Å². The van der Waals surface area contributed by atoms with Crippen molar-refractivity contribution in [1.82, 2.24) is 9.97 Å². The zero-order chi connectivity index (χ0) is 17.1. The van der Waals surface area contributed by atoms with Crippen molar-refractivity contribution < 1.29 is 14.1 Å². The lowest BCUT2D eigenvalue weighted by Crippen LogP contribution is -2.00. The number of pyridine rings is 1. The molecule has 0 bridgehead atoms. The van der Waals surface area contributed by atoms with Gasteiger partial charge in [0.05, 0.1) is 4.92 Å². The summed E-state index contributed by atoms with van der Waals surface area (Å²) in [4.78, 5) is 18.3. The van der Waals surface area contributed by atoms with Crippen LogP contribution in [0.15, 0.2) is 47.3 Å². The highest BCUT2D eigenvalue weighted by Gasteiger charge is 2.20. The molecule has 2 aromatic heterocycles. The van der Waals surface area contributed by atoms with Crippen molar-refractivity contribution in [2.45, 2.75) is 6.61 Å². The SMILES string of the molecule is O=[N+]([O-])c1cncc(Cl)c1OCc1coc(-c2ccc(Cl)cc2)n1. The molecule has 0 aliphatic carbocycles. The second-order valence-corrected chi connectivity index (χ2v) is 5.51. The molecule has 9 heteroatoms. The second-order valence-electron chi connectivity index (χ2n) is 4.67. The predicted octanol–water partition coefficient (Wildman–Crippen LogP) is 4.53. The van der Waals surface area contributed by atoms with Gasteiger partial charge in [-0.1, -0.05) is 23.2 Å². The van der Waals surface area contributed by atoms with Crippen LogP contribution in [0.4, 0.5) is 5.69 Å². The fourth-order valence-electron chi connectivity index (χ4n) is 1.93. The molecule has 24 heavy (non-hydrogen) atoms. The van der Waals surface area contributed by atoms with Gasteiger partial charge in [-0.05, 0) is 24.3 Å². The van der Waals surface area contributed by atoms with Gasteiger partial charge < -0.3 is 9.15 Å². The Balaban J connectivity index is 1.77. The standard InChI is InChI=1S/C15H9Cl2N3O4/c16-10-3-1-9(2-4-10)15-19-11(8-24-15)7-23-14-12(17)5-18-6-13(14)20(21)22/h1-6,8H,7H2. The Kier molecular flexibility index (Phi) is 4.64. The van der Waals surface area contributed by atoms with Crippen LogP contribution in [0, 0.1) is 10.1 Å². The Morgan fingerprint density at radius 1 is 1.21 bits per heavy atom. The largest absolute Gasteiger partial charge is 0.479 e. The molecule has 0 N–H and O–H groups in total. The molecule has 3 aromatic rings. The third-order valence-corrected chi connectivity index (χ3v) is 3.56. The zero-order valence-electron chi connectivity index (χ0n) is 12.0. The number of nitro groups is 1. The van der Waals surface area contributed by atoms with E-state index in [0.29, 0.717) is 16.6 Å². The van der Waals surface area contributed by atoms with Crippen LogP contribution in [0.25, 0.3) is 11.5 Å². The number of benzene rings is 1. The minimum absolute atomic E-state index is 0.0400. The van der Waals surface area contributed by atoms with Gasteiger partial charge in [0.25, 0.3) is 0 Å². The first-order valence-electron chi connectivity index (χ1n) is 6.65. The summed E-state index contributed by atoms with van der Waals surface area (Å²) >= 11 is 11.7. The highest BCUT2D eigenvalue weighted by Crippen LogP contribution is 2.34. The predicted molar refractivity (Wildman–Crippen MR) is 87.2 cm³/mol. The van der Waals surface area contributed by atoms with E-state index in [9.17, 15) is 10.1 Å². The topological polar surface area (TPSA) is 91.3 Å². The number of oxazole rings is 1. The van der Waals surface area contributed by atoms with Crippen LogP contribution >= 0.6 is 23.2 Å². The van der Waals surface area contributed by atoms with Crippen molar-refractivity contribution in [2.75, 3.05) is 0 Å². The molecule has 122 valence electrons. The summed E-state index contributed by atoms with van der Waals surface area (Å²) in [7, 11) is 0. The maximum Gasteiger partial charge on any atom is 0.330 e. The third kappa shape index (κ3) is 3.47. The van der Waals surface area contributed by atoms with Crippen LogP contribution < -0.4 is 4.74 Å². The lowest BCUT2D eigenvalue weighted by Gasteiger charge is -2.05. The first-order valence-corrected chi connectivity index (χ1v) is 7.41. The molecule has 0 aliphatic rings. The Morgan fingerprint density at radius 2 is 1.96 bits per heavy atom. The van der Waals surface area contributed by atoms with Gasteiger partial charge >= 0.3 is 5.69 Å². The Bertz CT molecular complexity index is 881. The molecule has 7 nitrogen and oxygen atoms in total. The fraction of sp³-hybridized carbons (Fsp3) is 0.0667. The molecule has 0 radical (unpaired) electrons. The second kappa shape index (κ2) is 6.86. The summed E-state index contributed by atoms with van der Waals surface area (Å²) < 4.78 is 10.8. The normalized spacial score (nSPS) is 10.6. The molecule has 2 heterocycles. The number of aromatic nitrogens is 2. The lowest BCUT2D eigenvalue weighted by molar-refractivity contribution is -0.386. The van der Waals surface area contributed by atoms with E-state index in [0.717, 1.165) is 11.8 Å². The average molecular weight is 366 g/mol. The van der Waals surface area contributed by atoms with Crippen LogP contribution in [-0.4, -0.2) is 14.9 Å². The van der Waals surface area contributed by atoms with Gasteiger partial charge in [-0.3, -0.25) is 15.1 Å². The molecular weight excluding hydrogens is 357 g/mol. The molecule has 0 saturated heterocycles. The molecule has 1 aromatic carbocycles. The van der Waals surface area contributed by atoms with Crippen molar-refractivity contribution in [2.24, 2.45) is 0 Å². The van der Waals surface area contributed by atoms with Crippen molar-refractivity contribution in [1.29, 1.82) is 0 Å². The maximum absolute atomic E-state index is 11.0. The summed E-state index contributed by atoms with van der Waals surface area (Å²) in [6.07, 6.45) is 3.75. The summed E-state index contributed by atoms with van der Waals surface area (Å²) in [5, 5.41) is 11.6. The quantitative estimate of drug-likeness (QED) is 0.487. The molecule has 0 saturated carbocycles. The summed E-state index contributed by atoms with van der Waals surface area (Å²) in [5.41, 5.74) is 0.893. The van der Waals surface area contributed by atoms with E-state index in [4.69, 9.17) is 32.4 Å². The van der Waals surface area contributed by atoms with Gasteiger partial charge in [0.1, 0.15) is 29.8 Å². The maximum atomic E-state index is 11.0. The number of halogens is 2. The summed E-state index contributed by atoms with van der Waals surface area (Å²) in [6, 6.07) is 6.97. The van der Waals surface area contributed by atoms with Crippen LogP contribution in [0.3, 0.4) is 0 Å². The molecule has 0 atom stereocenters. The first-order chi connectivity index (χ1) is 11.5. The van der Waals surface area contributed by atoms with Crippen LogP contribution in [0.5, 0.6) is 5.75 Å². The molecule has 3 rings (SSSR count). The third-order valence-electron chi connectivity index (χ3n) is 3.04. The molecular formula is C15H9Cl2N3O4. The van der Waals surface area contributed by atoms with E-state index in [1.54, 1.807) is 24.3 Å². The van der Waals surface area contributed by atoms with E-state index in [1.807, 2.05) is 0 Å². The molecule has 0 amide bonds. The Morgan fingerprint density at radius 3 is 2.67 bits per heavy atom. The number of nitrogens with zero attached hydrogens (tertiary/aromatic N) is 3. The minimum Gasteiger partial charge on any atom is -0.479 e. The van der Waals surface area contributed by atoms with Gasteiger partial charge in [-0.25, -0.2) is 4.98 Å². The van der Waals surface area contributed by atoms with Gasteiger partial charge in [0.15, 0.2) is 0 Å². The number of rotatable bonds is 5. The summed E-state index contributed by atoms with van der Waals surface area (Å²) in [5.74, 6) is 0.327. The fourth-order valence-corrected chi connectivity index (χ4v) is 2.26. The monoisotopic (exact) mass is 365 g/mol. The molecule has 0 aliphatic heterocycles. The Labute approximate surface area is 146 Å². The van der Waals surface area contributed by atoms with E-state index >= 15 is 0 Å². The van der Waals surface area contributed by atoms with Crippen molar-refractivity contribution in [3.8, 4) is 17.2 Å². The van der Waals surface area contributed by atoms with E-state index < -0.39 is 4.92 Å². The van der Waals surface area contributed by atoms with Crippen LogP contribution in [0.2, 0.25) is 10.0 Å². The van der Waals surface area contributed by atoms with Gasteiger partial charge in [0, 0.05) is 16.8 Å². The average Bonchev–Trinajstić information content (AvgIpc) is 3.03. The highest BCUT2D eigenvalue weighted by molar-refractivity contribution is 6.32. The number of hydrogen-bond acceptors (Lipinski definition) is 6. The first kappa shape index (κ1) is 16.2. The minimum atomic E-state index is -0.615. The van der Waals surface area contributed by atoms with Gasteiger partial charge in [-0.15, -0.1) is 0 Å². The van der Waals surface area contributed by atoms with Crippen molar-refractivity contribution in [3.63, 3.8) is 0 Å². The van der Waals surface area contributed by atoms with Crippen molar-refractivity contribution >= 4 is 28.9 Å². The molecule has 0 unspecified atom stereocenters. The number of ether oxygens (including phenoxy) is 1. The van der Waals surface area contributed by atoms with E-state index in [2.05, 4.69) is 9.97 Å². The van der Waals surface area contributed by atoms with Gasteiger partial charge in [-0.2, -0.15) is 0 Å². The Hall–Kier alpha value is -2.64. The summed E-state index contributed by atoms with van der Waals surface area (Å²) in [6.45, 7) is -0.0400. The molecule has 0 spiro atoms. The lowest BCUT2D eigenvalue weighted by atomic mass is 10.2. The van der Waals surface area contributed by atoms with Gasteiger partial charge in [0.2, 0.25) is 11.6 Å². The highest BCUT2D eigenvalue weighted by atomic mass is 35.5. The zero-order valence-corrected chi connectivity index (χ0v) is 13.5. The smallest absolute Gasteiger partial charge is 0.330 e. The van der Waals surface area contributed by atoms with Crippen LogP contribution in [-0.2, 0) is 6.61 Å².